The average molecular weight is 1230 g/mol. The van der Waals surface area contributed by atoms with E-state index >= 15 is 9.59 Å². The van der Waals surface area contributed by atoms with Gasteiger partial charge in [-0.05, 0) is 120 Å². The molecule has 0 radical (unpaired) electrons. The second-order valence-electron chi connectivity index (χ2n) is 24.2. The third-order valence-corrected chi connectivity index (χ3v) is 16.2. The largest absolute Gasteiger partial charge is 0.494 e. The smallest absolute Gasteiger partial charge is 0.408 e. The van der Waals surface area contributed by atoms with Crippen molar-refractivity contribution in [1.82, 2.24) is 16.0 Å². The molecule has 0 aliphatic carbocycles. The topological polar surface area (TPSA) is 210 Å². The van der Waals surface area contributed by atoms with Gasteiger partial charge in [-0.1, -0.05) is 177 Å². The van der Waals surface area contributed by atoms with Gasteiger partial charge in [0, 0.05) is 37.4 Å². The first kappa shape index (κ1) is 69.7. The number of ketones is 3. The second kappa shape index (κ2) is 34.4. The highest BCUT2D eigenvalue weighted by molar-refractivity contribution is 8.00. The average Bonchev–Trinajstić information content (AvgIpc) is 1.06. The van der Waals surface area contributed by atoms with Crippen LogP contribution in [0, 0.1) is 11.8 Å². The normalized spacial score (nSPS) is 13.3. The monoisotopic (exact) mass is 1230 g/mol. The molecule has 0 aliphatic heterocycles. The summed E-state index contributed by atoms with van der Waals surface area (Å²) in [6.45, 7) is 14.1. The number of hydrogen-bond donors (Lipinski definition) is 3. The fraction of sp³-hybridized carbons (Fsp3) is 0.397. The molecule has 472 valence electrons. The van der Waals surface area contributed by atoms with Gasteiger partial charge in [-0.3, -0.25) is 28.8 Å². The van der Waals surface area contributed by atoms with Gasteiger partial charge in [-0.2, -0.15) is 0 Å². The highest BCUT2D eigenvalue weighted by Crippen LogP contribution is 2.48. The predicted molar refractivity (Wildman–Crippen MR) is 347 cm³/mol. The molecule has 0 bridgehead atoms. The van der Waals surface area contributed by atoms with Crippen molar-refractivity contribution in [2.45, 2.75) is 160 Å². The molecule has 6 rings (SSSR count). The van der Waals surface area contributed by atoms with Crippen molar-refractivity contribution in [2.75, 3.05) is 12.4 Å². The molecule has 3 N–H and O–H groups in total. The number of ether oxygens (including phenoxy) is 4. The van der Waals surface area contributed by atoms with Crippen LogP contribution in [0.25, 0.3) is 0 Å². The van der Waals surface area contributed by atoms with Crippen molar-refractivity contribution in [1.29, 1.82) is 0 Å². The van der Waals surface area contributed by atoms with Gasteiger partial charge >= 0.3 is 18.0 Å². The maximum absolute atomic E-state index is 15.2. The Balaban J connectivity index is 1.34. The fourth-order valence-electron chi connectivity index (χ4n) is 10.3. The Morgan fingerprint density at radius 3 is 1.48 bits per heavy atom. The number of rotatable bonds is 34. The lowest BCUT2D eigenvalue weighted by Gasteiger charge is -2.36. The standard InChI is InChI=1S/C73H87N3O12S/c1-9-11-37-59(77)46-54(44-51-27-17-12-18-28-51)67(81)74-62(45-52-29-19-13-20-30-52)64(78)43-42-61(76-70(84)88-72(6,7)8)65(79)47-55(48-66(80)87-71(3,4)5)68(82)75-63(69(83)86-49-53-38-40-60(41-39-53)85-10-2)50-89-73(56-31-21-14-22-32-56,57-33-23-15-24-34-57)58-35-25-16-26-36-58/h12-36,38-41,54-55,61-63H,9-11,37,42-50H2,1-8H3,(H,74,81)(H,75,82)(H,76,84)/t54-,55+,61+,62+,63+/m1/s1. The molecule has 16 heteroatoms. The Bertz CT molecular complexity index is 3130. The lowest BCUT2D eigenvalue weighted by molar-refractivity contribution is -0.157. The van der Waals surface area contributed by atoms with E-state index in [1.165, 1.54) is 11.8 Å². The molecule has 89 heavy (non-hydrogen) atoms. The van der Waals surface area contributed by atoms with Gasteiger partial charge in [-0.15, -0.1) is 11.8 Å². The molecule has 0 unspecified atom stereocenters. The molecule has 0 saturated carbocycles. The predicted octanol–water partition coefficient (Wildman–Crippen LogP) is 12.6. The minimum absolute atomic E-state index is 0.0260. The van der Waals surface area contributed by atoms with E-state index < -0.39 is 100 Å². The number of hydrogen-bond acceptors (Lipinski definition) is 13. The number of thioether (sulfide) groups is 1. The molecule has 0 fully saturated rings. The van der Waals surface area contributed by atoms with Crippen LogP contribution in [0.5, 0.6) is 5.75 Å². The zero-order valence-corrected chi connectivity index (χ0v) is 53.4. The van der Waals surface area contributed by atoms with E-state index in [9.17, 15) is 28.8 Å². The summed E-state index contributed by atoms with van der Waals surface area (Å²) in [7, 11) is 0. The molecule has 6 aromatic rings. The number of nitrogens with one attached hydrogen (secondary N) is 3. The summed E-state index contributed by atoms with van der Waals surface area (Å²) in [5.74, 6) is -5.92. The maximum Gasteiger partial charge on any atom is 0.408 e. The summed E-state index contributed by atoms with van der Waals surface area (Å²) < 4.78 is 22.0. The van der Waals surface area contributed by atoms with Crippen molar-refractivity contribution in [2.24, 2.45) is 11.8 Å². The van der Waals surface area contributed by atoms with Gasteiger partial charge in [0.05, 0.1) is 35.8 Å². The van der Waals surface area contributed by atoms with Crippen molar-refractivity contribution in [3.05, 3.63) is 209 Å². The number of amides is 3. The van der Waals surface area contributed by atoms with E-state index in [0.29, 0.717) is 30.8 Å². The number of benzene rings is 6. The van der Waals surface area contributed by atoms with Crippen LogP contribution >= 0.6 is 11.8 Å². The van der Waals surface area contributed by atoms with E-state index in [0.717, 1.165) is 34.2 Å². The third kappa shape index (κ3) is 22.9. The summed E-state index contributed by atoms with van der Waals surface area (Å²) in [4.78, 5) is 115. The summed E-state index contributed by atoms with van der Waals surface area (Å²) >= 11 is 1.40. The van der Waals surface area contributed by atoms with Crippen LogP contribution in [-0.4, -0.2) is 88.9 Å². The van der Waals surface area contributed by atoms with E-state index in [2.05, 4.69) is 16.0 Å². The summed E-state index contributed by atoms with van der Waals surface area (Å²) in [5.41, 5.74) is 2.89. The van der Waals surface area contributed by atoms with Crippen LogP contribution in [-0.2, 0) is 72.0 Å². The van der Waals surface area contributed by atoms with Gasteiger partial charge in [0.1, 0.15) is 35.4 Å². The fourth-order valence-corrected chi connectivity index (χ4v) is 11.8. The zero-order valence-electron chi connectivity index (χ0n) is 52.6. The molecular weight excluding hydrogens is 1140 g/mol. The van der Waals surface area contributed by atoms with E-state index in [1.807, 2.05) is 166 Å². The van der Waals surface area contributed by atoms with E-state index in [-0.39, 0.29) is 50.2 Å². The minimum Gasteiger partial charge on any atom is -0.494 e. The van der Waals surface area contributed by atoms with Gasteiger partial charge in [-0.25, -0.2) is 9.59 Å². The van der Waals surface area contributed by atoms with Crippen molar-refractivity contribution in [3.8, 4) is 5.75 Å². The lowest BCUT2D eigenvalue weighted by Crippen LogP contribution is -2.49. The SMILES string of the molecule is CCCCC(=O)C[C@@H](Cc1ccccc1)C(=O)N[C@@H](Cc1ccccc1)C(=O)CC[C@H](NC(=O)OC(C)(C)C)C(=O)C[C@@H](CC(=O)OC(C)(C)C)C(=O)N[C@@H](CSC(c1ccccc1)(c1ccccc1)c1ccccc1)C(=O)OCc1ccc(OCC)cc1. The molecule has 15 nitrogen and oxygen atoms in total. The second-order valence-corrected chi connectivity index (χ2v) is 25.4. The van der Waals surface area contributed by atoms with Crippen molar-refractivity contribution >= 4 is 59.0 Å². The molecule has 0 heterocycles. The number of carbonyl (C=O) groups excluding carboxylic acids is 8. The first-order valence-electron chi connectivity index (χ1n) is 30.7. The Morgan fingerprint density at radius 2 is 0.978 bits per heavy atom. The minimum atomic E-state index is -1.49. The van der Waals surface area contributed by atoms with Gasteiger partial charge in [0.15, 0.2) is 11.6 Å². The maximum atomic E-state index is 15.2. The molecule has 0 saturated heterocycles. The first-order valence-corrected chi connectivity index (χ1v) is 31.7. The quantitative estimate of drug-likeness (QED) is 0.0195. The van der Waals surface area contributed by atoms with Gasteiger partial charge in [0.2, 0.25) is 11.8 Å². The Hall–Kier alpha value is -8.37. The molecular formula is C73H87N3O12S. The highest BCUT2D eigenvalue weighted by Gasteiger charge is 2.41. The summed E-state index contributed by atoms with van der Waals surface area (Å²) in [6.07, 6.45) is -0.808. The molecule has 0 spiro atoms. The van der Waals surface area contributed by atoms with Crippen LogP contribution in [0.1, 0.15) is 140 Å². The number of alkyl carbamates (subject to hydrolysis) is 1. The number of unbranched alkanes of at least 4 members (excludes halogenated alkanes) is 1. The van der Waals surface area contributed by atoms with Crippen LogP contribution in [0.3, 0.4) is 0 Å². The highest BCUT2D eigenvalue weighted by atomic mass is 32.2. The van der Waals surface area contributed by atoms with Gasteiger partial charge in [0.25, 0.3) is 0 Å². The molecule has 6 aromatic carbocycles. The Morgan fingerprint density at radius 1 is 0.483 bits per heavy atom. The third-order valence-electron chi connectivity index (χ3n) is 14.6. The number of Topliss-reactive ketones (excluding diaryl/α,β-unsaturated/α-hetero) is 3. The van der Waals surface area contributed by atoms with Crippen LogP contribution in [0.2, 0.25) is 0 Å². The number of carbonyl (C=O) groups is 8. The molecule has 5 atom stereocenters. The zero-order chi connectivity index (χ0) is 64.4. The number of esters is 2. The first-order chi connectivity index (χ1) is 42.5. The molecule has 3 amide bonds. The summed E-state index contributed by atoms with van der Waals surface area (Å²) in [6, 6.07) is 50.9. The van der Waals surface area contributed by atoms with E-state index in [1.54, 1.807) is 65.8 Å². The Kier molecular flexibility index (Phi) is 27.0. The van der Waals surface area contributed by atoms with Crippen LogP contribution in [0.15, 0.2) is 176 Å². The van der Waals surface area contributed by atoms with Crippen molar-refractivity contribution in [3.63, 3.8) is 0 Å². The summed E-state index contributed by atoms with van der Waals surface area (Å²) in [5, 5.41) is 8.52. The Labute approximate surface area is 529 Å². The molecule has 0 aromatic heterocycles. The van der Waals surface area contributed by atoms with Crippen LogP contribution in [0.4, 0.5) is 4.79 Å². The van der Waals surface area contributed by atoms with Crippen molar-refractivity contribution < 1.29 is 57.3 Å². The van der Waals surface area contributed by atoms with Gasteiger partial charge < -0.3 is 34.9 Å². The molecule has 0 aliphatic rings. The lowest BCUT2D eigenvalue weighted by atomic mass is 9.84. The van der Waals surface area contributed by atoms with E-state index in [4.69, 9.17) is 18.9 Å². The van der Waals surface area contributed by atoms with Crippen LogP contribution < -0.4 is 20.7 Å².